The first-order valence-electron chi connectivity index (χ1n) is 12.8. The maximum absolute atomic E-state index is 10.9. The number of rotatable bonds is 7. The summed E-state index contributed by atoms with van der Waals surface area (Å²) >= 11 is 0. The molecule has 1 spiro atoms. The summed E-state index contributed by atoms with van der Waals surface area (Å²) in [4.78, 5) is 19.6. The summed E-state index contributed by atoms with van der Waals surface area (Å²) in [6.45, 7) is 12.3. The van der Waals surface area contributed by atoms with Gasteiger partial charge in [-0.3, -0.25) is 9.69 Å². The number of allylic oxidation sites excluding steroid dienone is 1. The zero-order chi connectivity index (χ0) is 24.5. The second-order valence-corrected chi connectivity index (χ2v) is 10.6. The largest absolute Gasteiger partial charge is 0.389 e. The van der Waals surface area contributed by atoms with E-state index in [0.29, 0.717) is 31.0 Å². The molecule has 5 rings (SSSR count). The van der Waals surface area contributed by atoms with E-state index in [4.69, 9.17) is 9.47 Å². The first-order chi connectivity index (χ1) is 17.0. The number of carbonyl (C=O) groups excluding carboxylic acids is 1. The second kappa shape index (κ2) is 9.97. The third-order valence-corrected chi connectivity index (χ3v) is 8.71. The van der Waals surface area contributed by atoms with Crippen LogP contribution in [0.1, 0.15) is 42.9 Å². The number of hydrogen-bond acceptors (Lipinski definition) is 6. The highest BCUT2D eigenvalue weighted by atomic mass is 16.5. The van der Waals surface area contributed by atoms with Crippen LogP contribution in [0.5, 0.6) is 0 Å². The van der Waals surface area contributed by atoms with Gasteiger partial charge in [0.2, 0.25) is 6.41 Å². The predicted octanol–water partition coefficient (Wildman–Crippen LogP) is 3.01. The monoisotopic (exact) mass is 479 g/mol. The average Bonchev–Trinajstić information content (AvgIpc) is 3.43. The molecule has 0 aromatic heterocycles. The van der Waals surface area contributed by atoms with E-state index >= 15 is 0 Å². The maximum Gasteiger partial charge on any atom is 0.232 e. The number of benzene rings is 1. The molecule has 7 heteroatoms. The Balaban J connectivity index is 1.37. The third kappa shape index (κ3) is 4.75. The van der Waals surface area contributed by atoms with Gasteiger partial charge in [0.15, 0.2) is 0 Å². The van der Waals surface area contributed by atoms with E-state index in [1.165, 1.54) is 6.42 Å². The highest BCUT2D eigenvalue weighted by Crippen LogP contribution is 2.60. The van der Waals surface area contributed by atoms with Crippen molar-refractivity contribution in [2.24, 2.45) is 16.3 Å². The van der Waals surface area contributed by atoms with Crippen LogP contribution >= 0.6 is 0 Å². The molecule has 1 N–H and O–H groups in total. The van der Waals surface area contributed by atoms with Gasteiger partial charge in [0.05, 0.1) is 24.9 Å². The molecule has 188 valence electrons. The van der Waals surface area contributed by atoms with Crippen LogP contribution in [0.15, 0.2) is 29.8 Å². The average molecular weight is 480 g/mol. The van der Waals surface area contributed by atoms with Crippen LogP contribution in [0, 0.1) is 11.3 Å². The lowest BCUT2D eigenvalue weighted by molar-refractivity contribution is -0.106. The minimum atomic E-state index is -0.452. The molecular weight excluding hydrogens is 442 g/mol. The summed E-state index contributed by atoms with van der Waals surface area (Å²) in [6.07, 6.45) is 11.7. The molecule has 3 heterocycles. The number of ether oxygens (including phenoxy) is 2. The van der Waals surface area contributed by atoms with Crippen LogP contribution in [0.25, 0.3) is 12.2 Å². The molecular formula is C28H37N3O4. The van der Waals surface area contributed by atoms with Gasteiger partial charge in [-0.1, -0.05) is 24.8 Å². The first kappa shape index (κ1) is 24.4. The van der Waals surface area contributed by atoms with Gasteiger partial charge < -0.3 is 19.5 Å². The zero-order valence-corrected chi connectivity index (χ0v) is 20.7. The summed E-state index contributed by atoms with van der Waals surface area (Å²) in [5.41, 5.74) is 4.28. The second-order valence-electron chi connectivity index (χ2n) is 10.6. The molecule has 3 unspecified atom stereocenters. The van der Waals surface area contributed by atoms with E-state index in [0.717, 1.165) is 74.6 Å². The van der Waals surface area contributed by atoms with Crippen LogP contribution < -0.4 is 4.90 Å². The van der Waals surface area contributed by atoms with Crippen LogP contribution in [-0.2, 0) is 14.3 Å². The van der Waals surface area contributed by atoms with Crippen molar-refractivity contribution in [3.63, 3.8) is 0 Å². The molecule has 4 aliphatic rings. The summed E-state index contributed by atoms with van der Waals surface area (Å²) in [6, 6.07) is 4.29. The van der Waals surface area contributed by atoms with Gasteiger partial charge in [-0.05, 0) is 60.8 Å². The van der Waals surface area contributed by atoms with Crippen molar-refractivity contribution in [1.29, 1.82) is 0 Å². The summed E-state index contributed by atoms with van der Waals surface area (Å²) < 4.78 is 11.1. The molecule has 0 radical (unpaired) electrons. The van der Waals surface area contributed by atoms with Gasteiger partial charge in [-0.25, -0.2) is 4.99 Å². The number of nitrogens with zero attached hydrogens (tertiary/aromatic N) is 3. The molecule has 1 aromatic rings. The van der Waals surface area contributed by atoms with Crippen LogP contribution in [-0.4, -0.2) is 86.9 Å². The van der Waals surface area contributed by atoms with Crippen molar-refractivity contribution < 1.29 is 19.4 Å². The van der Waals surface area contributed by atoms with Gasteiger partial charge in [-0.15, -0.1) is 0 Å². The number of hydrogen-bond donors (Lipinski definition) is 1. The number of anilines is 1. The van der Waals surface area contributed by atoms with E-state index in [9.17, 15) is 9.90 Å². The minimum Gasteiger partial charge on any atom is -0.389 e. The Bertz CT molecular complexity index is 1010. The highest BCUT2D eigenvalue weighted by molar-refractivity contribution is 5.92. The minimum absolute atomic E-state index is 0.319. The van der Waals surface area contributed by atoms with Crippen molar-refractivity contribution >= 4 is 30.5 Å². The van der Waals surface area contributed by atoms with E-state index < -0.39 is 6.10 Å². The number of carbonyl (C=O) groups is 1. The van der Waals surface area contributed by atoms with E-state index in [-0.39, 0.29) is 5.54 Å². The van der Waals surface area contributed by atoms with Gasteiger partial charge in [0, 0.05) is 56.9 Å². The fourth-order valence-corrected chi connectivity index (χ4v) is 6.08. The number of aliphatic hydroxyl groups excluding tert-OH is 1. The smallest absolute Gasteiger partial charge is 0.232 e. The van der Waals surface area contributed by atoms with E-state index in [1.54, 1.807) is 6.21 Å². The Morgan fingerprint density at radius 3 is 2.54 bits per heavy atom. The molecule has 1 aromatic carbocycles. The maximum atomic E-state index is 10.9. The number of amides is 1. The third-order valence-electron chi connectivity index (χ3n) is 8.71. The van der Waals surface area contributed by atoms with E-state index in [1.807, 2.05) is 6.08 Å². The summed E-state index contributed by atoms with van der Waals surface area (Å²) in [5.74, 6) is 0.592. The molecule has 4 fully saturated rings. The number of aliphatic hydroxyl groups is 1. The van der Waals surface area contributed by atoms with Crippen molar-refractivity contribution in [3.05, 3.63) is 41.5 Å². The van der Waals surface area contributed by atoms with Crippen LogP contribution in [0.2, 0.25) is 0 Å². The first-order valence-corrected chi connectivity index (χ1v) is 12.8. The summed E-state index contributed by atoms with van der Waals surface area (Å²) in [5, 5.41) is 10.5. The van der Waals surface area contributed by atoms with Gasteiger partial charge in [0.25, 0.3) is 0 Å². The quantitative estimate of drug-likeness (QED) is 0.479. The molecule has 35 heavy (non-hydrogen) atoms. The van der Waals surface area contributed by atoms with Crippen LogP contribution in [0.3, 0.4) is 0 Å². The normalized spacial score (nSPS) is 31.0. The Morgan fingerprint density at radius 2 is 1.89 bits per heavy atom. The summed E-state index contributed by atoms with van der Waals surface area (Å²) in [7, 11) is 0. The Kier molecular flexibility index (Phi) is 6.95. The van der Waals surface area contributed by atoms with Crippen molar-refractivity contribution in [2.75, 3.05) is 57.5 Å². The topological polar surface area (TPSA) is 74.6 Å². The Hall–Kier alpha value is -2.32. The van der Waals surface area contributed by atoms with E-state index in [2.05, 4.69) is 52.6 Å². The standard InChI is InChI=1S/C28H37N3O4/c1-3-21-14-23(17-29-20-32)22(4-5-24-16-28(24)6-12-34-13-7-28)15-25(21)30-8-10-31(11-9-30)27(2)19-35-18-26(27)33/h3-5,14-15,17,20,24,26,33H,1,6-13,16,18-19H2,2H3/b5-4+,29-17?. The molecule has 1 amide bonds. The lowest BCUT2D eigenvalue weighted by atomic mass is 9.93. The lowest BCUT2D eigenvalue weighted by Gasteiger charge is -2.45. The molecule has 7 nitrogen and oxygen atoms in total. The van der Waals surface area contributed by atoms with Crippen molar-refractivity contribution in [3.8, 4) is 0 Å². The van der Waals surface area contributed by atoms with Gasteiger partial charge in [0.1, 0.15) is 0 Å². The Labute approximate surface area is 208 Å². The molecule has 3 saturated heterocycles. The molecule has 1 saturated carbocycles. The van der Waals surface area contributed by atoms with Gasteiger partial charge >= 0.3 is 0 Å². The molecule has 3 atom stereocenters. The fourth-order valence-electron chi connectivity index (χ4n) is 6.08. The molecule has 1 aliphatic carbocycles. The fraction of sp³-hybridized carbons (Fsp3) is 0.571. The van der Waals surface area contributed by atoms with Crippen LogP contribution in [0.4, 0.5) is 5.69 Å². The zero-order valence-electron chi connectivity index (χ0n) is 20.7. The molecule has 3 aliphatic heterocycles. The predicted molar refractivity (Wildman–Crippen MR) is 139 cm³/mol. The number of piperazine rings is 1. The highest BCUT2D eigenvalue weighted by Gasteiger charge is 2.52. The SMILES string of the molecule is C=Cc1cc(C=NC=O)c(/C=C/C2CC23CCOCC3)cc1N1CCN(C2(C)COCC2O)CC1. The molecule has 0 bridgehead atoms. The van der Waals surface area contributed by atoms with Crippen molar-refractivity contribution in [2.45, 2.75) is 37.8 Å². The van der Waals surface area contributed by atoms with Gasteiger partial charge in [-0.2, -0.15) is 0 Å². The number of aliphatic imine (C=N–C) groups is 1. The van der Waals surface area contributed by atoms with Crippen molar-refractivity contribution in [1.82, 2.24) is 4.90 Å². The Morgan fingerprint density at radius 1 is 1.11 bits per heavy atom. The lowest BCUT2D eigenvalue weighted by Crippen LogP contribution is -2.60.